The molecule has 2 unspecified atom stereocenters. The van der Waals surface area contributed by atoms with Crippen molar-refractivity contribution in [3.63, 3.8) is 0 Å². The van der Waals surface area contributed by atoms with Crippen molar-refractivity contribution < 1.29 is 14.3 Å². The van der Waals surface area contributed by atoms with Crippen LogP contribution in [0.1, 0.15) is 50.6 Å². The summed E-state index contributed by atoms with van der Waals surface area (Å²) >= 11 is 0. The number of piperidine rings is 1. The van der Waals surface area contributed by atoms with Crippen molar-refractivity contribution >= 4 is 6.03 Å². The van der Waals surface area contributed by atoms with E-state index < -0.39 is 11.0 Å². The van der Waals surface area contributed by atoms with Gasteiger partial charge in [0.05, 0.1) is 42.7 Å². The molecule has 1 aliphatic carbocycles. The van der Waals surface area contributed by atoms with Crippen LogP contribution >= 0.6 is 0 Å². The van der Waals surface area contributed by atoms with Crippen LogP contribution in [-0.2, 0) is 6.54 Å². The average molecular weight is 477 g/mol. The van der Waals surface area contributed by atoms with Crippen LogP contribution in [0.5, 0.6) is 0 Å². The molecule has 2 atom stereocenters. The number of urea groups is 1. The lowest BCUT2D eigenvalue weighted by molar-refractivity contribution is -0.135. The van der Waals surface area contributed by atoms with E-state index in [2.05, 4.69) is 10.3 Å². The van der Waals surface area contributed by atoms with Gasteiger partial charge in [-0.1, -0.05) is 43.2 Å². The number of benzene rings is 1. The highest BCUT2D eigenvalue weighted by Gasteiger charge is 2.55. The lowest BCUT2D eigenvalue weighted by Gasteiger charge is -2.52. The van der Waals surface area contributed by atoms with Crippen LogP contribution in [0.2, 0.25) is 0 Å². The highest BCUT2D eigenvalue weighted by Crippen LogP contribution is 2.51. The second-order valence-corrected chi connectivity index (χ2v) is 10.0. The molecule has 184 valence electrons. The molecule has 1 spiro atoms. The molecular weight excluding hydrogens is 444 g/mol. The SMILES string of the molecule is CC(NC(=O)N1CCC(O)(Cn2cnc(-c3ccccc3)cc2=O)C2(CCCC2)C1)c1ccoc1. The van der Waals surface area contributed by atoms with Crippen molar-refractivity contribution in [2.45, 2.75) is 57.2 Å². The van der Waals surface area contributed by atoms with Gasteiger partial charge in [-0.25, -0.2) is 9.78 Å². The Kier molecular flexibility index (Phi) is 6.23. The van der Waals surface area contributed by atoms with E-state index in [1.807, 2.05) is 48.2 Å². The van der Waals surface area contributed by atoms with E-state index in [1.54, 1.807) is 12.5 Å². The second-order valence-electron chi connectivity index (χ2n) is 10.0. The minimum absolute atomic E-state index is 0.141. The number of rotatable bonds is 5. The quantitative estimate of drug-likeness (QED) is 0.580. The molecule has 8 heteroatoms. The summed E-state index contributed by atoms with van der Waals surface area (Å²) in [6.45, 7) is 2.99. The maximum Gasteiger partial charge on any atom is 0.317 e. The molecule has 1 saturated carbocycles. The molecule has 5 rings (SSSR count). The summed E-state index contributed by atoms with van der Waals surface area (Å²) < 4.78 is 6.65. The van der Waals surface area contributed by atoms with Crippen LogP contribution in [0.15, 0.2) is 70.5 Å². The molecule has 1 aliphatic heterocycles. The summed E-state index contributed by atoms with van der Waals surface area (Å²) in [6, 6.07) is 12.6. The summed E-state index contributed by atoms with van der Waals surface area (Å²) in [7, 11) is 0. The van der Waals surface area contributed by atoms with E-state index in [0.29, 0.717) is 25.2 Å². The number of carbonyl (C=O) groups excluding carboxylic acids is 1. The molecule has 1 saturated heterocycles. The van der Waals surface area contributed by atoms with E-state index in [0.717, 1.165) is 36.8 Å². The molecule has 8 nitrogen and oxygen atoms in total. The van der Waals surface area contributed by atoms with Gasteiger partial charge in [-0.2, -0.15) is 0 Å². The molecule has 0 radical (unpaired) electrons. The fraction of sp³-hybridized carbons (Fsp3) is 0.444. The average Bonchev–Trinajstić information content (AvgIpc) is 3.56. The maximum absolute atomic E-state index is 13.1. The summed E-state index contributed by atoms with van der Waals surface area (Å²) in [5.41, 5.74) is 0.692. The number of hydrogen-bond acceptors (Lipinski definition) is 5. The van der Waals surface area contributed by atoms with Crippen molar-refractivity contribution in [1.29, 1.82) is 0 Å². The number of nitrogens with zero attached hydrogens (tertiary/aromatic N) is 3. The van der Waals surface area contributed by atoms with Gasteiger partial charge < -0.3 is 19.7 Å². The lowest BCUT2D eigenvalue weighted by Crippen LogP contribution is -2.63. The second kappa shape index (κ2) is 9.34. The number of aromatic nitrogens is 2. The minimum Gasteiger partial charge on any atom is -0.472 e. The van der Waals surface area contributed by atoms with Gasteiger partial charge in [-0.15, -0.1) is 0 Å². The molecule has 2 amide bonds. The highest BCUT2D eigenvalue weighted by atomic mass is 16.3. The predicted octanol–water partition coefficient (Wildman–Crippen LogP) is 3.97. The number of nitrogens with one attached hydrogen (secondary N) is 1. The number of amides is 2. The zero-order chi connectivity index (χ0) is 24.5. The maximum atomic E-state index is 13.1. The van der Waals surface area contributed by atoms with E-state index in [-0.39, 0.29) is 24.2 Å². The molecule has 2 fully saturated rings. The summed E-state index contributed by atoms with van der Waals surface area (Å²) in [5, 5.41) is 15.0. The van der Waals surface area contributed by atoms with Crippen molar-refractivity contribution in [3.05, 3.63) is 77.2 Å². The first-order valence-electron chi connectivity index (χ1n) is 12.3. The van der Waals surface area contributed by atoms with Gasteiger partial charge in [0.1, 0.15) is 0 Å². The largest absolute Gasteiger partial charge is 0.472 e. The third-order valence-electron chi connectivity index (χ3n) is 7.89. The molecule has 2 N–H and O–H groups in total. The summed E-state index contributed by atoms with van der Waals surface area (Å²) in [4.78, 5) is 32.4. The molecule has 1 aromatic carbocycles. The summed E-state index contributed by atoms with van der Waals surface area (Å²) in [6.07, 6.45) is 8.84. The van der Waals surface area contributed by atoms with Crippen LogP contribution in [0.3, 0.4) is 0 Å². The van der Waals surface area contributed by atoms with E-state index in [9.17, 15) is 14.7 Å². The van der Waals surface area contributed by atoms with Crippen molar-refractivity contribution in [1.82, 2.24) is 19.8 Å². The topological polar surface area (TPSA) is 101 Å². The van der Waals surface area contributed by atoms with Crippen LogP contribution in [0.4, 0.5) is 4.79 Å². The zero-order valence-corrected chi connectivity index (χ0v) is 20.0. The van der Waals surface area contributed by atoms with Crippen LogP contribution in [-0.4, -0.2) is 44.3 Å². The third-order valence-corrected chi connectivity index (χ3v) is 7.89. The van der Waals surface area contributed by atoms with E-state index in [1.165, 1.54) is 17.0 Å². The van der Waals surface area contributed by atoms with Gasteiger partial charge in [0.15, 0.2) is 0 Å². The van der Waals surface area contributed by atoms with Gasteiger partial charge in [0.25, 0.3) is 5.56 Å². The van der Waals surface area contributed by atoms with Crippen LogP contribution in [0, 0.1) is 5.41 Å². The van der Waals surface area contributed by atoms with Gasteiger partial charge in [-0.05, 0) is 32.3 Å². The number of furan rings is 1. The Morgan fingerprint density at radius 2 is 1.97 bits per heavy atom. The van der Waals surface area contributed by atoms with Gasteiger partial charge in [0, 0.05) is 35.7 Å². The van der Waals surface area contributed by atoms with E-state index >= 15 is 0 Å². The van der Waals surface area contributed by atoms with Crippen LogP contribution in [0.25, 0.3) is 11.3 Å². The molecule has 2 aliphatic rings. The number of likely N-dealkylation sites (tertiary alicyclic amines) is 1. The molecule has 0 bridgehead atoms. The zero-order valence-electron chi connectivity index (χ0n) is 20.0. The third kappa shape index (κ3) is 4.50. The minimum atomic E-state index is -1.09. The first kappa shape index (κ1) is 23.4. The monoisotopic (exact) mass is 476 g/mol. The molecule has 3 heterocycles. The Balaban J connectivity index is 1.33. The van der Waals surface area contributed by atoms with Crippen molar-refractivity contribution in [2.24, 2.45) is 5.41 Å². The van der Waals surface area contributed by atoms with Crippen LogP contribution < -0.4 is 10.9 Å². The van der Waals surface area contributed by atoms with Crippen molar-refractivity contribution in [2.75, 3.05) is 13.1 Å². The molecule has 3 aromatic rings. The Morgan fingerprint density at radius 3 is 2.66 bits per heavy atom. The smallest absolute Gasteiger partial charge is 0.317 e. The number of carbonyl (C=O) groups is 1. The van der Waals surface area contributed by atoms with E-state index in [4.69, 9.17) is 4.42 Å². The first-order valence-corrected chi connectivity index (χ1v) is 12.3. The Bertz CT molecular complexity index is 1220. The first-order chi connectivity index (χ1) is 16.9. The number of hydrogen-bond donors (Lipinski definition) is 2. The Hall–Kier alpha value is -3.39. The molecular formula is C27H32N4O4. The number of aliphatic hydroxyl groups is 1. The van der Waals surface area contributed by atoms with Crippen molar-refractivity contribution in [3.8, 4) is 11.3 Å². The normalized spacial score (nSPS) is 22.3. The lowest BCUT2D eigenvalue weighted by atomic mass is 9.66. The fourth-order valence-corrected chi connectivity index (χ4v) is 5.75. The molecule has 2 aromatic heterocycles. The Morgan fingerprint density at radius 1 is 1.20 bits per heavy atom. The summed E-state index contributed by atoms with van der Waals surface area (Å²) in [5.74, 6) is 0. The predicted molar refractivity (Wildman–Crippen MR) is 132 cm³/mol. The standard InChI is InChI=1S/C27H32N4O4/c1-20(22-9-14-35-16-22)29-25(33)30-13-12-27(34,26(17-30)10-5-6-11-26)18-31-19-28-23(15-24(31)32)21-7-3-2-4-8-21/h2-4,7-9,14-16,19-20,34H,5-6,10-13,17-18H2,1H3,(H,29,33). The van der Waals surface area contributed by atoms with Gasteiger partial charge in [0.2, 0.25) is 0 Å². The highest BCUT2D eigenvalue weighted by molar-refractivity contribution is 5.75. The molecule has 35 heavy (non-hydrogen) atoms. The Labute approximate surface area is 204 Å². The van der Waals surface area contributed by atoms with Gasteiger partial charge >= 0.3 is 6.03 Å². The van der Waals surface area contributed by atoms with Gasteiger partial charge in [-0.3, -0.25) is 9.36 Å². The fourth-order valence-electron chi connectivity index (χ4n) is 5.75.